The van der Waals surface area contributed by atoms with E-state index in [-0.39, 0.29) is 17.8 Å². The van der Waals surface area contributed by atoms with Gasteiger partial charge in [-0.1, -0.05) is 72.8 Å². The molecule has 2 heteroatoms. The first kappa shape index (κ1) is 15.6. The van der Waals surface area contributed by atoms with Crippen molar-refractivity contribution in [3.05, 3.63) is 90.5 Å². The maximum atomic E-state index is 12.6. The van der Waals surface area contributed by atoms with E-state index in [2.05, 4.69) is 24.3 Å². The molecule has 3 aromatic carbocycles. The molecule has 0 bridgehead atoms. The maximum absolute atomic E-state index is 12.6. The molecule has 2 atom stereocenters. The molecular weight excluding hydrogens is 308 g/mol. The van der Waals surface area contributed by atoms with Gasteiger partial charge in [0.25, 0.3) is 0 Å². The van der Waals surface area contributed by atoms with Crippen LogP contribution in [-0.2, 0) is 4.79 Å². The highest BCUT2D eigenvalue weighted by Crippen LogP contribution is 2.43. The second-order valence-electron chi connectivity index (χ2n) is 6.52. The number of carbonyl (C=O) groups is 1. The molecule has 0 radical (unpaired) electrons. The first-order chi connectivity index (χ1) is 12.3. The van der Waals surface area contributed by atoms with Crippen molar-refractivity contribution in [3.63, 3.8) is 0 Å². The minimum atomic E-state index is -0.120. The Labute approximate surface area is 148 Å². The Morgan fingerprint density at radius 1 is 0.760 bits per heavy atom. The molecule has 0 heterocycles. The van der Waals surface area contributed by atoms with Gasteiger partial charge in [0, 0.05) is 0 Å². The van der Waals surface area contributed by atoms with Gasteiger partial charge in [-0.25, -0.2) is 0 Å². The predicted molar refractivity (Wildman–Crippen MR) is 99.4 cm³/mol. The smallest absolute Gasteiger partial charge is 0.314 e. The third kappa shape index (κ3) is 3.34. The van der Waals surface area contributed by atoms with E-state index in [0.717, 1.165) is 24.0 Å². The van der Waals surface area contributed by atoms with Gasteiger partial charge >= 0.3 is 5.97 Å². The highest BCUT2D eigenvalue weighted by Gasteiger charge is 2.38. The van der Waals surface area contributed by atoms with Crippen LogP contribution < -0.4 is 4.74 Å². The van der Waals surface area contributed by atoms with Crippen LogP contribution in [0.4, 0.5) is 0 Å². The zero-order valence-electron chi connectivity index (χ0n) is 14.0. The molecule has 0 aliphatic heterocycles. The fraction of sp³-hybridized carbons (Fsp3) is 0.174. The van der Waals surface area contributed by atoms with Gasteiger partial charge in [0.15, 0.2) is 0 Å². The van der Waals surface area contributed by atoms with Crippen LogP contribution in [-0.4, -0.2) is 5.97 Å². The highest BCUT2D eigenvalue weighted by molar-refractivity contribution is 5.78. The summed E-state index contributed by atoms with van der Waals surface area (Å²) in [6.07, 6.45) is 1.95. The summed E-state index contributed by atoms with van der Waals surface area (Å²) in [5.41, 5.74) is 3.40. The number of ether oxygens (including phenoxy) is 1. The minimum absolute atomic E-state index is 0.0391. The Bertz CT molecular complexity index is 856. The topological polar surface area (TPSA) is 26.3 Å². The summed E-state index contributed by atoms with van der Waals surface area (Å²) in [6.45, 7) is 0. The number of hydrogen-bond donors (Lipinski definition) is 0. The molecular formula is C23H20O2. The molecule has 1 aliphatic rings. The van der Waals surface area contributed by atoms with Crippen molar-refractivity contribution in [1.82, 2.24) is 0 Å². The molecule has 2 nitrogen and oxygen atoms in total. The zero-order chi connectivity index (χ0) is 17.1. The number of benzene rings is 3. The van der Waals surface area contributed by atoms with Crippen molar-refractivity contribution in [2.24, 2.45) is 5.92 Å². The standard InChI is InChI=1S/C23H20O2/c24-23(22-15-14-21(22)18-10-5-2-6-11-18)25-20-13-7-12-19(16-20)17-8-3-1-4-9-17/h1-13,16,21-22H,14-15H2/t21-,22-/m1/s1. The molecule has 0 saturated heterocycles. The first-order valence-electron chi connectivity index (χ1n) is 8.73. The van der Waals surface area contributed by atoms with Crippen molar-refractivity contribution < 1.29 is 9.53 Å². The van der Waals surface area contributed by atoms with E-state index in [4.69, 9.17) is 4.74 Å². The Morgan fingerprint density at radius 2 is 1.44 bits per heavy atom. The van der Waals surface area contributed by atoms with Gasteiger partial charge in [0.05, 0.1) is 5.92 Å². The molecule has 1 aliphatic carbocycles. The van der Waals surface area contributed by atoms with Crippen LogP contribution in [0.2, 0.25) is 0 Å². The van der Waals surface area contributed by atoms with Gasteiger partial charge in [-0.2, -0.15) is 0 Å². The normalized spacial score (nSPS) is 19.0. The van der Waals surface area contributed by atoms with Gasteiger partial charge in [0.1, 0.15) is 5.75 Å². The van der Waals surface area contributed by atoms with Crippen LogP contribution in [0.25, 0.3) is 11.1 Å². The lowest BCUT2D eigenvalue weighted by Crippen LogP contribution is -2.34. The second-order valence-corrected chi connectivity index (χ2v) is 6.52. The zero-order valence-corrected chi connectivity index (χ0v) is 14.0. The summed E-state index contributed by atoms with van der Waals surface area (Å²) < 4.78 is 5.69. The van der Waals surface area contributed by atoms with Gasteiger partial charge in [0.2, 0.25) is 0 Å². The molecule has 4 rings (SSSR count). The summed E-state index contributed by atoms with van der Waals surface area (Å²) in [7, 11) is 0. The number of carbonyl (C=O) groups excluding carboxylic acids is 1. The Hall–Kier alpha value is -2.87. The third-order valence-electron chi connectivity index (χ3n) is 4.96. The van der Waals surface area contributed by atoms with Crippen molar-refractivity contribution >= 4 is 5.97 Å². The van der Waals surface area contributed by atoms with Crippen LogP contribution >= 0.6 is 0 Å². The Balaban J connectivity index is 1.48. The fourth-order valence-corrected chi connectivity index (χ4v) is 3.44. The Kier molecular flexibility index (Phi) is 4.34. The lowest BCUT2D eigenvalue weighted by molar-refractivity contribution is -0.142. The van der Waals surface area contributed by atoms with Gasteiger partial charge in [-0.15, -0.1) is 0 Å². The third-order valence-corrected chi connectivity index (χ3v) is 4.96. The SMILES string of the molecule is O=C(Oc1cccc(-c2ccccc2)c1)[C@@H]1CC[C@@H]1c1ccccc1. The van der Waals surface area contributed by atoms with E-state index in [1.807, 2.05) is 60.7 Å². The number of esters is 1. The maximum Gasteiger partial charge on any atom is 0.314 e. The molecule has 0 amide bonds. The van der Waals surface area contributed by atoms with Crippen molar-refractivity contribution in [3.8, 4) is 16.9 Å². The van der Waals surface area contributed by atoms with Crippen molar-refractivity contribution in [2.75, 3.05) is 0 Å². The number of rotatable bonds is 4. The average molecular weight is 328 g/mol. The summed E-state index contributed by atoms with van der Waals surface area (Å²) >= 11 is 0. The van der Waals surface area contributed by atoms with Crippen LogP contribution in [0.1, 0.15) is 24.3 Å². The summed E-state index contributed by atoms with van der Waals surface area (Å²) in [6, 6.07) is 28.1. The molecule has 0 spiro atoms. The van der Waals surface area contributed by atoms with E-state index >= 15 is 0 Å². The molecule has 3 aromatic rings. The highest BCUT2D eigenvalue weighted by atomic mass is 16.5. The predicted octanol–water partition coefficient (Wildman–Crippen LogP) is 5.45. The largest absolute Gasteiger partial charge is 0.426 e. The molecule has 1 fully saturated rings. The molecule has 124 valence electrons. The quantitative estimate of drug-likeness (QED) is 0.470. The first-order valence-corrected chi connectivity index (χ1v) is 8.73. The van der Waals surface area contributed by atoms with E-state index in [0.29, 0.717) is 5.75 Å². The van der Waals surface area contributed by atoms with Crippen LogP contribution in [0.5, 0.6) is 5.75 Å². The second kappa shape index (κ2) is 6.94. The van der Waals surface area contributed by atoms with Crippen LogP contribution in [0, 0.1) is 5.92 Å². The van der Waals surface area contributed by atoms with Crippen LogP contribution in [0.3, 0.4) is 0 Å². The van der Waals surface area contributed by atoms with Crippen molar-refractivity contribution in [2.45, 2.75) is 18.8 Å². The summed E-state index contributed by atoms with van der Waals surface area (Å²) in [5.74, 6) is 0.740. The van der Waals surface area contributed by atoms with Crippen molar-refractivity contribution in [1.29, 1.82) is 0 Å². The lowest BCUT2D eigenvalue weighted by atomic mass is 9.70. The van der Waals surface area contributed by atoms with Gasteiger partial charge < -0.3 is 4.74 Å². The van der Waals surface area contributed by atoms with E-state index in [1.54, 1.807) is 0 Å². The summed E-state index contributed by atoms with van der Waals surface area (Å²) in [5, 5.41) is 0. The Morgan fingerprint density at radius 3 is 2.12 bits per heavy atom. The molecule has 0 aromatic heterocycles. The monoisotopic (exact) mass is 328 g/mol. The van der Waals surface area contributed by atoms with Gasteiger partial charge in [-0.05, 0) is 47.6 Å². The van der Waals surface area contributed by atoms with Gasteiger partial charge in [-0.3, -0.25) is 4.79 Å². The number of hydrogen-bond acceptors (Lipinski definition) is 2. The molecule has 0 N–H and O–H groups in total. The van der Waals surface area contributed by atoms with Crippen LogP contribution in [0.15, 0.2) is 84.9 Å². The molecule has 1 saturated carbocycles. The lowest BCUT2D eigenvalue weighted by Gasteiger charge is -2.35. The molecule has 0 unspecified atom stereocenters. The molecule has 25 heavy (non-hydrogen) atoms. The average Bonchev–Trinajstić information content (AvgIpc) is 2.62. The minimum Gasteiger partial charge on any atom is -0.426 e. The van der Waals surface area contributed by atoms with E-state index in [1.165, 1.54) is 5.56 Å². The van der Waals surface area contributed by atoms with E-state index < -0.39 is 0 Å². The fourth-order valence-electron chi connectivity index (χ4n) is 3.44. The summed E-state index contributed by atoms with van der Waals surface area (Å²) in [4.78, 5) is 12.6. The van der Waals surface area contributed by atoms with E-state index in [9.17, 15) is 4.79 Å².